The second-order valence-corrected chi connectivity index (χ2v) is 11.2. The number of amides is 1. The van der Waals surface area contributed by atoms with Gasteiger partial charge in [-0.05, 0) is 95.4 Å². The predicted molar refractivity (Wildman–Crippen MR) is 113 cm³/mol. The first-order chi connectivity index (χ1) is 13.9. The Bertz CT molecular complexity index is 875. The van der Waals surface area contributed by atoms with Crippen LogP contribution in [-0.4, -0.2) is 42.9 Å². The van der Waals surface area contributed by atoms with E-state index in [0.717, 1.165) is 36.8 Å². The van der Waals surface area contributed by atoms with Crippen molar-refractivity contribution < 1.29 is 27.2 Å². The molecule has 1 heterocycles. The third-order valence-electron chi connectivity index (χ3n) is 5.86. The number of carbonyl (C=O) groups excluding carboxylic acids is 1. The van der Waals surface area contributed by atoms with E-state index in [9.17, 15) is 17.8 Å². The Morgan fingerprint density at radius 1 is 1.33 bits per heavy atom. The van der Waals surface area contributed by atoms with E-state index in [4.69, 9.17) is 9.47 Å². The molecule has 1 aromatic carbocycles. The molecule has 30 heavy (non-hydrogen) atoms. The van der Waals surface area contributed by atoms with Gasteiger partial charge in [-0.3, -0.25) is 4.55 Å². The summed E-state index contributed by atoms with van der Waals surface area (Å²) in [6, 6.07) is 4.29. The number of rotatable bonds is 6. The lowest BCUT2D eigenvalue weighted by molar-refractivity contribution is -0.0384. The lowest BCUT2D eigenvalue weighted by Gasteiger charge is -2.32. The maximum absolute atomic E-state index is 12.4. The van der Waals surface area contributed by atoms with Crippen molar-refractivity contribution in [3.05, 3.63) is 29.3 Å². The van der Waals surface area contributed by atoms with Gasteiger partial charge in [0.05, 0.1) is 17.1 Å². The zero-order chi connectivity index (χ0) is 22.2. The van der Waals surface area contributed by atoms with Crippen LogP contribution >= 0.6 is 0 Å². The minimum Gasteiger partial charge on any atom is -0.444 e. The van der Waals surface area contributed by atoms with Crippen LogP contribution in [-0.2, 0) is 26.0 Å². The molecule has 1 amide bonds. The molecule has 1 aliphatic carbocycles. The summed E-state index contributed by atoms with van der Waals surface area (Å²) in [5.41, 5.74) is 1.17. The monoisotopic (exact) mass is 439 g/mol. The molecule has 3 rings (SSSR count). The topological polar surface area (TPSA) is 102 Å². The number of ether oxygens (including phenoxy) is 2. The van der Waals surface area contributed by atoms with Gasteiger partial charge < -0.3 is 14.8 Å². The van der Waals surface area contributed by atoms with Gasteiger partial charge in [0.2, 0.25) is 0 Å². The largest absolute Gasteiger partial charge is 0.444 e. The highest BCUT2D eigenvalue weighted by molar-refractivity contribution is 7.85. The number of benzene rings is 1. The van der Waals surface area contributed by atoms with Gasteiger partial charge in [-0.25, -0.2) is 4.79 Å². The molecule has 168 valence electrons. The molecule has 7 nitrogen and oxygen atoms in total. The van der Waals surface area contributed by atoms with Crippen LogP contribution in [0.1, 0.15) is 64.0 Å². The van der Waals surface area contributed by atoms with Crippen LogP contribution in [0.3, 0.4) is 0 Å². The van der Waals surface area contributed by atoms with Crippen molar-refractivity contribution in [2.75, 3.05) is 6.61 Å². The van der Waals surface area contributed by atoms with Crippen molar-refractivity contribution in [2.45, 2.75) is 88.4 Å². The Morgan fingerprint density at radius 3 is 2.57 bits per heavy atom. The van der Waals surface area contributed by atoms with Gasteiger partial charge in [0.25, 0.3) is 10.1 Å². The summed E-state index contributed by atoms with van der Waals surface area (Å²) in [7, 11) is -4.29. The fourth-order valence-corrected chi connectivity index (χ4v) is 4.53. The van der Waals surface area contributed by atoms with Crippen molar-refractivity contribution in [2.24, 2.45) is 5.92 Å². The minimum atomic E-state index is -4.29. The molecule has 8 heteroatoms. The molecule has 1 saturated heterocycles. The molecular formula is C22H33NO6S. The predicted octanol–water partition coefficient (Wildman–Crippen LogP) is 4.03. The Kier molecular flexibility index (Phi) is 6.51. The highest BCUT2D eigenvalue weighted by atomic mass is 32.2. The molecule has 2 atom stereocenters. The third-order valence-corrected chi connectivity index (χ3v) is 6.71. The van der Waals surface area contributed by atoms with Gasteiger partial charge >= 0.3 is 6.09 Å². The molecule has 0 bridgehead atoms. The van der Waals surface area contributed by atoms with Gasteiger partial charge in [0.1, 0.15) is 5.60 Å². The summed E-state index contributed by atoms with van der Waals surface area (Å²) >= 11 is 0. The van der Waals surface area contributed by atoms with Gasteiger partial charge in [0.15, 0.2) is 0 Å². The molecule has 0 aromatic heterocycles. The minimum absolute atomic E-state index is 0.116. The van der Waals surface area contributed by atoms with Gasteiger partial charge in [-0.1, -0.05) is 6.07 Å². The molecule has 1 spiro atoms. The van der Waals surface area contributed by atoms with Gasteiger partial charge in [-0.2, -0.15) is 8.42 Å². The van der Waals surface area contributed by atoms with Crippen LogP contribution in [0.4, 0.5) is 4.79 Å². The van der Waals surface area contributed by atoms with E-state index in [1.54, 1.807) is 6.07 Å². The number of alkyl carbamates (subject to hydrolysis) is 1. The molecule has 0 radical (unpaired) electrons. The second-order valence-electron chi connectivity index (χ2n) is 9.75. The summed E-state index contributed by atoms with van der Waals surface area (Å²) in [4.78, 5) is 12.3. The number of aryl methyl sites for hydroxylation is 1. The SMILES string of the molecule is Cc1ccc(S(=O)(=O)O)cc1CC(C[C@H]1CCC2(CC2)OC1)NC(=O)OC(C)(C)C. The molecule has 1 aliphatic heterocycles. The lowest BCUT2D eigenvalue weighted by Crippen LogP contribution is -2.42. The number of carbonyl (C=O) groups is 1. The van der Waals surface area contributed by atoms with Crippen LogP contribution in [0, 0.1) is 12.8 Å². The smallest absolute Gasteiger partial charge is 0.407 e. The van der Waals surface area contributed by atoms with Crippen LogP contribution in [0.15, 0.2) is 23.1 Å². The second kappa shape index (κ2) is 8.48. The van der Waals surface area contributed by atoms with Crippen LogP contribution in [0.25, 0.3) is 0 Å². The van der Waals surface area contributed by atoms with E-state index in [1.165, 1.54) is 12.1 Å². The standard InChI is InChI=1S/C22H33NO6S/c1-15-5-6-19(30(25,26)27)13-17(15)12-18(23-20(24)29-21(2,3)4)11-16-7-8-22(9-10-22)28-14-16/h5-6,13,16,18H,7-12,14H2,1-4H3,(H,23,24)(H,25,26,27)/t16-,18?/m1/s1. The maximum Gasteiger partial charge on any atom is 0.407 e. The van der Waals surface area contributed by atoms with Crippen LogP contribution in [0.2, 0.25) is 0 Å². The Hall–Kier alpha value is -1.64. The molecule has 2 fully saturated rings. The summed E-state index contributed by atoms with van der Waals surface area (Å²) < 4.78 is 44.0. The fraction of sp³-hybridized carbons (Fsp3) is 0.682. The summed E-state index contributed by atoms with van der Waals surface area (Å²) in [5.74, 6) is 0.321. The number of hydrogen-bond donors (Lipinski definition) is 2. The van der Waals surface area contributed by atoms with Crippen molar-refractivity contribution in [3.8, 4) is 0 Å². The van der Waals surface area contributed by atoms with E-state index < -0.39 is 21.8 Å². The quantitative estimate of drug-likeness (QED) is 0.649. The first-order valence-corrected chi connectivity index (χ1v) is 12.0. The Morgan fingerprint density at radius 2 is 2.03 bits per heavy atom. The lowest BCUT2D eigenvalue weighted by atomic mass is 9.88. The first-order valence-electron chi connectivity index (χ1n) is 10.6. The van der Waals surface area contributed by atoms with Crippen molar-refractivity contribution in [1.29, 1.82) is 0 Å². The normalized spacial score (nSPS) is 21.8. The van der Waals surface area contributed by atoms with E-state index in [0.29, 0.717) is 25.4 Å². The third kappa shape index (κ3) is 6.43. The zero-order valence-electron chi connectivity index (χ0n) is 18.2. The summed E-state index contributed by atoms with van der Waals surface area (Å²) in [6.45, 7) is 7.99. The Labute approximate surface area is 179 Å². The first kappa shape index (κ1) is 23.0. The van der Waals surface area contributed by atoms with Gasteiger partial charge in [-0.15, -0.1) is 0 Å². The molecule has 1 unspecified atom stereocenters. The van der Waals surface area contributed by atoms with Crippen molar-refractivity contribution in [1.82, 2.24) is 5.32 Å². The average molecular weight is 440 g/mol. The molecule has 2 aliphatic rings. The molecule has 1 aromatic rings. The van der Waals surface area contributed by atoms with Gasteiger partial charge in [0, 0.05) is 6.04 Å². The number of hydrogen-bond acceptors (Lipinski definition) is 5. The fourth-order valence-electron chi connectivity index (χ4n) is 4.00. The van der Waals surface area contributed by atoms with Crippen LogP contribution < -0.4 is 5.32 Å². The maximum atomic E-state index is 12.4. The van der Waals surface area contributed by atoms with E-state index >= 15 is 0 Å². The molecular weight excluding hydrogens is 406 g/mol. The van der Waals surface area contributed by atoms with Crippen molar-refractivity contribution in [3.63, 3.8) is 0 Å². The molecule has 1 saturated carbocycles. The highest BCUT2D eigenvalue weighted by Crippen LogP contribution is 2.47. The van der Waals surface area contributed by atoms with E-state index in [-0.39, 0.29) is 16.5 Å². The highest BCUT2D eigenvalue weighted by Gasteiger charge is 2.46. The van der Waals surface area contributed by atoms with Crippen molar-refractivity contribution >= 4 is 16.2 Å². The molecule has 2 N–H and O–H groups in total. The number of nitrogens with one attached hydrogen (secondary N) is 1. The van der Waals surface area contributed by atoms with Crippen LogP contribution in [0.5, 0.6) is 0 Å². The zero-order valence-corrected chi connectivity index (χ0v) is 19.0. The average Bonchev–Trinajstić information content (AvgIpc) is 3.35. The van der Waals surface area contributed by atoms with E-state index in [2.05, 4.69) is 5.32 Å². The summed E-state index contributed by atoms with van der Waals surface area (Å²) in [6.07, 6.45) is 5.04. The Balaban J connectivity index is 1.74. The summed E-state index contributed by atoms with van der Waals surface area (Å²) in [5, 5.41) is 2.96. The van der Waals surface area contributed by atoms with E-state index in [1.807, 2.05) is 27.7 Å².